The minimum atomic E-state index is -1.50. The summed E-state index contributed by atoms with van der Waals surface area (Å²) in [6.07, 6.45) is 0. The lowest BCUT2D eigenvalue weighted by molar-refractivity contribution is -0.385. The molecule has 2 aromatic rings. The van der Waals surface area contributed by atoms with Crippen LogP contribution in [0, 0.1) is 22.9 Å². The molecule has 0 bridgehead atoms. The number of halogens is 2. The van der Waals surface area contributed by atoms with Gasteiger partial charge in [-0.3, -0.25) is 10.1 Å². The number of carboxylic acid groups (broad SMARTS) is 1. The van der Waals surface area contributed by atoms with E-state index in [1.165, 1.54) is 19.1 Å². The lowest BCUT2D eigenvalue weighted by Gasteiger charge is -2.13. The molecule has 2 aromatic carbocycles. The van der Waals surface area contributed by atoms with E-state index in [2.05, 4.69) is 0 Å². The molecule has 0 aliphatic heterocycles. The maximum Gasteiger partial charge on any atom is 0.343 e. The number of nitrogens with two attached hydrogens (primary N) is 1. The highest BCUT2D eigenvalue weighted by Gasteiger charge is 2.25. The maximum atomic E-state index is 13.8. The molecule has 120 valence electrons. The van der Waals surface area contributed by atoms with Crippen molar-refractivity contribution in [3.8, 4) is 11.5 Å². The largest absolute Gasteiger partial charge is 0.477 e. The number of benzene rings is 2. The fourth-order valence-electron chi connectivity index (χ4n) is 1.96. The van der Waals surface area contributed by atoms with Crippen LogP contribution >= 0.6 is 11.6 Å². The van der Waals surface area contributed by atoms with Crippen LogP contribution < -0.4 is 10.5 Å². The Bertz CT molecular complexity index is 825. The first-order valence-electron chi connectivity index (χ1n) is 6.16. The van der Waals surface area contributed by atoms with Crippen molar-refractivity contribution in [1.29, 1.82) is 0 Å². The fourth-order valence-corrected chi connectivity index (χ4v) is 2.15. The van der Waals surface area contributed by atoms with Crippen molar-refractivity contribution in [2.45, 2.75) is 6.92 Å². The van der Waals surface area contributed by atoms with Gasteiger partial charge in [0.2, 0.25) is 0 Å². The lowest BCUT2D eigenvalue weighted by atomic mass is 10.1. The second-order valence-corrected chi connectivity index (χ2v) is 4.90. The van der Waals surface area contributed by atoms with Gasteiger partial charge in [0.1, 0.15) is 16.3 Å². The Morgan fingerprint density at radius 1 is 1.39 bits per heavy atom. The Labute approximate surface area is 134 Å². The summed E-state index contributed by atoms with van der Waals surface area (Å²) in [5.41, 5.74) is 4.45. The van der Waals surface area contributed by atoms with Gasteiger partial charge < -0.3 is 15.6 Å². The van der Waals surface area contributed by atoms with E-state index >= 15 is 0 Å². The highest BCUT2D eigenvalue weighted by molar-refractivity contribution is 6.34. The first-order chi connectivity index (χ1) is 10.7. The molecule has 0 atom stereocenters. The van der Waals surface area contributed by atoms with E-state index in [0.717, 1.165) is 12.1 Å². The van der Waals surface area contributed by atoms with Gasteiger partial charge in [-0.2, -0.15) is 0 Å². The molecule has 0 aliphatic rings. The number of carboxylic acids is 1. The number of rotatable bonds is 4. The highest BCUT2D eigenvalue weighted by atomic mass is 35.5. The Morgan fingerprint density at radius 3 is 2.61 bits per heavy atom. The van der Waals surface area contributed by atoms with Gasteiger partial charge in [-0.15, -0.1) is 0 Å². The molecular formula is C14H10ClFN2O5. The predicted octanol–water partition coefficient (Wildman–Crippen LogP) is 3.77. The zero-order valence-corrected chi connectivity index (χ0v) is 12.4. The first-order valence-corrected chi connectivity index (χ1v) is 6.54. The summed E-state index contributed by atoms with van der Waals surface area (Å²) in [4.78, 5) is 21.3. The summed E-state index contributed by atoms with van der Waals surface area (Å²) in [6, 6.07) is 4.41. The average Bonchev–Trinajstić information content (AvgIpc) is 2.48. The van der Waals surface area contributed by atoms with Crippen LogP contribution in [0.25, 0.3) is 0 Å². The van der Waals surface area contributed by atoms with Gasteiger partial charge in [-0.25, -0.2) is 9.18 Å². The average molecular weight is 341 g/mol. The maximum absolute atomic E-state index is 13.8. The number of nitrogens with zero attached hydrogens (tertiary/aromatic N) is 1. The third kappa shape index (κ3) is 3.02. The van der Waals surface area contributed by atoms with Crippen molar-refractivity contribution in [2.24, 2.45) is 0 Å². The van der Waals surface area contributed by atoms with Gasteiger partial charge in [0, 0.05) is 11.6 Å². The van der Waals surface area contributed by atoms with Crippen LogP contribution in [-0.4, -0.2) is 16.0 Å². The van der Waals surface area contributed by atoms with Gasteiger partial charge in [0.15, 0.2) is 11.6 Å². The van der Waals surface area contributed by atoms with Crippen LogP contribution in [0.15, 0.2) is 24.3 Å². The predicted molar refractivity (Wildman–Crippen MR) is 80.7 cm³/mol. The van der Waals surface area contributed by atoms with Crippen LogP contribution in [0.1, 0.15) is 15.9 Å². The Hall–Kier alpha value is -2.87. The van der Waals surface area contributed by atoms with Gasteiger partial charge in [0.25, 0.3) is 5.69 Å². The molecule has 0 spiro atoms. The quantitative estimate of drug-likeness (QED) is 0.497. The standard InChI is InChI=1S/C14H10ClFN2O5/c1-6-10(5-4-9(18(21)22)11(6)14(19)20)23-13-7(16)2-3-8(17)12(13)15/h2-5H,17H2,1H3,(H,19,20). The van der Waals surface area contributed by atoms with Crippen molar-refractivity contribution >= 4 is 28.9 Å². The number of hydrogen-bond acceptors (Lipinski definition) is 5. The third-order valence-electron chi connectivity index (χ3n) is 3.09. The molecule has 23 heavy (non-hydrogen) atoms. The fraction of sp³-hybridized carbons (Fsp3) is 0.0714. The Balaban J connectivity index is 2.59. The van der Waals surface area contributed by atoms with Crippen molar-refractivity contribution in [2.75, 3.05) is 5.73 Å². The van der Waals surface area contributed by atoms with Gasteiger partial charge in [-0.1, -0.05) is 11.6 Å². The van der Waals surface area contributed by atoms with Crippen LogP contribution in [0.3, 0.4) is 0 Å². The topological polar surface area (TPSA) is 116 Å². The third-order valence-corrected chi connectivity index (χ3v) is 3.48. The first kappa shape index (κ1) is 16.5. The SMILES string of the molecule is Cc1c(Oc2c(F)ccc(N)c2Cl)ccc([N+](=O)[O-])c1C(=O)O. The van der Waals surface area contributed by atoms with E-state index in [-0.39, 0.29) is 27.8 Å². The molecule has 0 radical (unpaired) electrons. The minimum absolute atomic E-state index is 0.0374. The monoisotopic (exact) mass is 340 g/mol. The van der Waals surface area contributed by atoms with E-state index in [0.29, 0.717) is 0 Å². The van der Waals surface area contributed by atoms with Gasteiger partial charge in [-0.05, 0) is 25.1 Å². The van der Waals surface area contributed by atoms with Crippen LogP contribution in [0.4, 0.5) is 15.8 Å². The van der Waals surface area contributed by atoms with Crippen LogP contribution in [0.5, 0.6) is 11.5 Å². The summed E-state index contributed by atoms with van der Waals surface area (Å²) in [5, 5.41) is 19.9. The highest BCUT2D eigenvalue weighted by Crippen LogP contribution is 2.39. The van der Waals surface area contributed by atoms with Gasteiger partial charge in [0.05, 0.1) is 10.6 Å². The van der Waals surface area contributed by atoms with Crippen molar-refractivity contribution in [3.05, 3.63) is 56.3 Å². The normalized spacial score (nSPS) is 10.4. The zero-order valence-electron chi connectivity index (χ0n) is 11.7. The summed E-state index contributed by atoms with van der Waals surface area (Å²) < 4.78 is 19.1. The minimum Gasteiger partial charge on any atom is -0.477 e. The number of nitro groups is 1. The van der Waals surface area contributed by atoms with Crippen LogP contribution in [-0.2, 0) is 0 Å². The van der Waals surface area contributed by atoms with E-state index < -0.39 is 28.0 Å². The molecule has 0 amide bonds. The Kier molecular flexibility index (Phi) is 4.37. The molecule has 2 rings (SSSR count). The number of hydrogen-bond donors (Lipinski definition) is 2. The second kappa shape index (κ2) is 6.09. The molecule has 9 heteroatoms. The van der Waals surface area contributed by atoms with Gasteiger partial charge >= 0.3 is 5.97 Å². The van der Waals surface area contributed by atoms with E-state index in [9.17, 15) is 19.3 Å². The molecule has 0 saturated heterocycles. The van der Waals surface area contributed by atoms with Crippen LogP contribution in [0.2, 0.25) is 5.02 Å². The van der Waals surface area contributed by atoms with E-state index in [4.69, 9.17) is 27.2 Å². The zero-order chi connectivity index (χ0) is 17.3. The molecule has 3 N–H and O–H groups in total. The molecule has 7 nitrogen and oxygen atoms in total. The van der Waals surface area contributed by atoms with E-state index in [1.54, 1.807) is 0 Å². The number of ether oxygens (including phenoxy) is 1. The van der Waals surface area contributed by atoms with E-state index in [1.807, 2.05) is 0 Å². The molecule has 0 heterocycles. The number of nitro benzene ring substituents is 1. The number of nitrogen functional groups attached to an aromatic ring is 1. The van der Waals surface area contributed by atoms with Crippen molar-refractivity contribution in [3.63, 3.8) is 0 Å². The molecule has 0 aromatic heterocycles. The summed E-state index contributed by atoms with van der Waals surface area (Å²) in [5.74, 6) is -2.78. The molecule has 0 fully saturated rings. The number of anilines is 1. The molecule has 0 unspecified atom stereocenters. The lowest BCUT2D eigenvalue weighted by Crippen LogP contribution is -2.06. The smallest absolute Gasteiger partial charge is 0.343 e. The molecule has 0 aliphatic carbocycles. The van der Waals surface area contributed by atoms with Crippen molar-refractivity contribution in [1.82, 2.24) is 0 Å². The molecule has 0 saturated carbocycles. The summed E-state index contributed by atoms with van der Waals surface area (Å²) in [6.45, 7) is 1.31. The summed E-state index contributed by atoms with van der Waals surface area (Å²) in [7, 11) is 0. The molecular weight excluding hydrogens is 331 g/mol. The van der Waals surface area contributed by atoms with Crippen molar-refractivity contribution < 1.29 is 24.0 Å². The Morgan fingerprint density at radius 2 is 2.04 bits per heavy atom. The number of carbonyl (C=O) groups is 1. The second-order valence-electron chi connectivity index (χ2n) is 4.53. The summed E-state index contributed by atoms with van der Waals surface area (Å²) >= 11 is 5.87. The number of aromatic carboxylic acids is 1.